The minimum Gasteiger partial charge on any atom is -0.420 e. The fraction of sp³-hybridized carbons (Fsp3) is 0.500. The van der Waals surface area contributed by atoms with Gasteiger partial charge in [-0.1, -0.05) is 0 Å². The van der Waals surface area contributed by atoms with E-state index in [2.05, 4.69) is 4.98 Å². The highest BCUT2D eigenvalue weighted by molar-refractivity contribution is 5.92. The van der Waals surface area contributed by atoms with E-state index < -0.39 is 0 Å². The summed E-state index contributed by atoms with van der Waals surface area (Å²) in [5, 5.41) is 0. The van der Waals surface area contributed by atoms with Crippen LogP contribution in [0.5, 0.6) is 0 Å². The van der Waals surface area contributed by atoms with E-state index in [1.165, 1.54) is 6.92 Å². The molecule has 0 aliphatic heterocycles. The second kappa shape index (κ2) is 2.97. The fourth-order valence-electron chi connectivity index (χ4n) is 0.900. The molecule has 0 saturated carbocycles. The molecule has 1 rings (SSSR count). The Morgan fingerprint density at radius 3 is 2.33 bits per heavy atom. The Bertz CT molecular complexity index is 302. The lowest BCUT2D eigenvalue weighted by molar-refractivity contribution is 0.0987. The molecule has 0 fully saturated rings. The van der Waals surface area contributed by atoms with E-state index in [0.717, 1.165) is 0 Å². The molecule has 0 amide bonds. The van der Waals surface area contributed by atoms with Gasteiger partial charge in [0, 0.05) is 21.0 Å². The first kappa shape index (κ1) is 8.77. The van der Waals surface area contributed by atoms with Crippen molar-refractivity contribution < 1.29 is 9.21 Å². The van der Waals surface area contributed by atoms with Crippen molar-refractivity contribution in [3.05, 3.63) is 11.5 Å². The van der Waals surface area contributed by atoms with Gasteiger partial charge in [0.15, 0.2) is 11.5 Å². The topological polar surface area (TPSA) is 46.3 Å². The molecule has 0 atom stereocenters. The Kier molecular flexibility index (Phi) is 2.17. The fourth-order valence-corrected chi connectivity index (χ4v) is 0.900. The summed E-state index contributed by atoms with van der Waals surface area (Å²) in [6, 6.07) is 0.470. The highest BCUT2D eigenvalue weighted by Gasteiger charge is 2.13. The molecular weight excluding hydrogens is 156 g/mol. The van der Waals surface area contributed by atoms with E-state index in [1.54, 1.807) is 11.8 Å². The number of Topliss-reactive ketones (excluding diaryl/α,β-unsaturated/α-hetero) is 1. The molecule has 4 nitrogen and oxygen atoms in total. The monoisotopic (exact) mass is 168 g/mol. The minimum atomic E-state index is -0.0897. The summed E-state index contributed by atoms with van der Waals surface area (Å²) in [6.07, 6.45) is 0. The number of oxazole rings is 1. The van der Waals surface area contributed by atoms with Gasteiger partial charge < -0.3 is 9.32 Å². The maximum Gasteiger partial charge on any atom is 0.297 e. The highest BCUT2D eigenvalue weighted by atomic mass is 16.4. The molecule has 0 aromatic carbocycles. The van der Waals surface area contributed by atoms with Crippen molar-refractivity contribution in [2.24, 2.45) is 0 Å². The lowest BCUT2D eigenvalue weighted by Gasteiger charge is -2.03. The first-order valence-corrected chi connectivity index (χ1v) is 3.68. The van der Waals surface area contributed by atoms with Crippen LogP contribution in [0.2, 0.25) is 0 Å². The third-order valence-corrected chi connectivity index (χ3v) is 1.49. The molecule has 0 spiro atoms. The van der Waals surface area contributed by atoms with Crippen LogP contribution in [0.15, 0.2) is 4.42 Å². The van der Waals surface area contributed by atoms with Gasteiger partial charge in [0.1, 0.15) is 0 Å². The first-order chi connectivity index (χ1) is 5.52. The molecule has 0 aliphatic carbocycles. The molecule has 1 heterocycles. The van der Waals surface area contributed by atoms with E-state index in [1.807, 2.05) is 14.1 Å². The van der Waals surface area contributed by atoms with Crippen molar-refractivity contribution in [2.75, 3.05) is 19.0 Å². The number of nitrogens with zero attached hydrogens (tertiary/aromatic N) is 2. The molecule has 0 saturated heterocycles. The normalized spacial score (nSPS) is 10.0. The van der Waals surface area contributed by atoms with Crippen molar-refractivity contribution in [2.45, 2.75) is 13.8 Å². The van der Waals surface area contributed by atoms with E-state index in [0.29, 0.717) is 17.5 Å². The number of rotatable bonds is 2. The van der Waals surface area contributed by atoms with Gasteiger partial charge in [0.2, 0.25) is 0 Å². The van der Waals surface area contributed by atoms with Gasteiger partial charge in [0.05, 0.1) is 5.69 Å². The zero-order valence-corrected chi connectivity index (χ0v) is 7.71. The summed E-state index contributed by atoms with van der Waals surface area (Å²) in [5.41, 5.74) is 0.645. The van der Waals surface area contributed by atoms with Gasteiger partial charge in [-0.05, 0) is 6.92 Å². The number of anilines is 1. The number of carbonyl (C=O) groups is 1. The number of aromatic nitrogens is 1. The van der Waals surface area contributed by atoms with E-state index in [4.69, 9.17) is 4.42 Å². The number of carbonyl (C=O) groups excluding carboxylic acids is 1. The smallest absolute Gasteiger partial charge is 0.297 e. The Labute approximate surface area is 71.2 Å². The predicted octanol–water partition coefficient (Wildman–Crippen LogP) is 1.25. The summed E-state index contributed by atoms with van der Waals surface area (Å²) in [6.45, 7) is 3.22. The summed E-state index contributed by atoms with van der Waals surface area (Å²) >= 11 is 0. The second-order valence-electron chi connectivity index (χ2n) is 2.86. The van der Waals surface area contributed by atoms with E-state index >= 15 is 0 Å². The maximum absolute atomic E-state index is 10.9. The van der Waals surface area contributed by atoms with Crippen LogP contribution in [0.3, 0.4) is 0 Å². The quantitative estimate of drug-likeness (QED) is 0.623. The third kappa shape index (κ3) is 1.47. The average Bonchev–Trinajstić information content (AvgIpc) is 2.30. The SMILES string of the molecule is CC(=O)c1oc(N(C)C)nc1C. The standard InChI is InChI=1S/C8H12N2O2/c1-5-7(6(2)11)12-8(9-5)10(3)4/h1-4H3. The summed E-state index contributed by atoms with van der Waals surface area (Å²) < 4.78 is 5.20. The molecule has 66 valence electrons. The predicted molar refractivity (Wildman–Crippen MR) is 45.6 cm³/mol. The van der Waals surface area contributed by atoms with Crippen LogP contribution >= 0.6 is 0 Å². The van der Waals surface area contributed by atoms with Crippen LogP contribution in [0.1, 0.15) is 23.2 Å². The van der Waals surface area contributed by atoms with Crippen molar-refractivity contribution in [3.63, 3.8) is 0 Å². The highest BCUT2D eigenvalue weighted by Crippen LogP contribution is 2.16. The van der Waals surface area contributed by atoms with E-state index in [9.17, 15) is 4.79 Å². The van der Waals surface area contributed by atoms with E-state index in [-0.39, 0.29) is 5.78 Å². The zero-order valence-electron chi connectivity index (χ0n) is 7.71. The van der Waals surface area contributed by atoms with Crippen molar-refractivity contribution in [1.82, 2.24) is 4.98 Å². The number of aryl methyl sites for hydroxylation is 1. The lowest BCUT2D eigenvalue weighted by Crippen LogP contribution is -2.08. The molecular formula is C8H12N2O2. The van der Waals surface area contributed by atoms with Crippen LogP contribution in [-0.4, -0.2) is 24.9 Å². The van der Waals surface area contributed by atoms with Crippen molar-refractivity contribution in [3.8, 4) is 0 Å². The summed E-state index contributed by atoms with van der Waals surface area (Å²) in [4.78, 5) is 16.7. The van der Waals surface area contributed by atoms with Gasteiger partial charge >= 0.3 is 0 Å². The number of ketones is 1. The molecule has 0 unspecified atom stereocenters. The largest absolute Gasteiger partial charge is 0.420 e. The zero-order chi connectivity index (χ0) is 9.30. The van der Waals surface area contributed by atoms with Gasteiger partial charge in [-0.3, -0.25) is 4.79 Å². The van der Waals surface area contributed by atoms with Gasteiger partial charge in [0.25, 0.3) is 6.01 Å². The minimum absolute atomic E-state index is 0.0897. The van der Waals surface area contributed by atoms with Crippen molar-refractivity contribution in [1.29, 1.82) is 0 Å². The van der Waals surface area contributed by atoms with Crippen LogP contribution in [0.25, 0.3) is 0 Å². The van der Waals surface area contributed by atoms with Crippen LogP contribution < -0.4 is 4.90 Å². The molecule has 0 aliphatic rings. The summed E-state index contributed by atoms with van der Waals surface area (Å²) in [5.74, 6) is 0.256. The second-order valence-corrected chi connectivity index (χ2v) is 2.86. The van der Waals surface area contributed by atoms with Crippen LogP contribution in [-0.2, 0) is 0 Å². The molecule has 0 radical (unpaired) electrons. The van der Waals surface area contributed by atoms with Crippen LogP contribution in [0, 0.1) is 6.92 Å². The Balaban J connectivity index is 3.09. The maximum atomic E-state index is 10.9. The number of hydrogen-bond acceptors (Lipinski definition) is 4. The molecule has 1 aromatic heterocycles. The van der Waals surface area contributed by atoms with Gasteiger partial charge in [-0.15, -0.1) is 0 Å². The number of hydrogen-bond donors (Lipinski definition) is 0. The molecule has 12 heavy (non-hydrogen) atoms. The summed E-state index contributed by atoms with van der Waals surface area (Å²) in [7, 11) is 3.63. The Morgan fingerprint density at radius 2 is 2.08 bits per heavy atom. The molecule has 1 aromatic rings. The van der Waals surface area contributed by atoms with Crippen molar-refractivity contribution >= 4 is 11.8 Å². The third-order valence-electron chi connectivity index (χ3n) is 1.49. The molecule has 0 N–H and O–H groups in total. The molecule has 0 bridgehead atoms. The molecule has 4 heteroatoms. The average molecular weight is 168 g/mol. The lowest BCUT2D eigenvalue weighted by atomic mass is 10.3. The Morgan fingerprint density at radius 1 is 1.50 bits per heavy atom. The Hall–Kier alpha value is -1.32. The van der Waals surface area contributed by atoms with Gasteiger partial charge in [-0.25, -0.2) is 0 Å². The van der Waals surface area contributed by atoms with Crippen LogP contribution in [0.4, 0.5) is 6.01 Å². The first-order valence-electron chi connectivity index (χ1n) is 3.68. The van der Waals surface area contributed by atoms with Gasteiger partial charge in [-0.2, -0.15) is 4.98 Å².